The van der Waals surface area contributed by atoms with E-state index in [1.165, 1.54) is 0 Å². The predicted octanol–water partition coefficient (Wildman–Crippen LogP) is 4.77. The second-order valence-electron chi connectivity index (χ2n) is 5.02. The molecule has 0 bridgehead atoms. The molecule has 144 valence electrons. The van der Waals surface area contributed by atoms with Gasteiger partial charge in [-0.3, -0.25) is 0 Å². The lowest BCUT2D eigenvalue weighted by Gasteiger charge is -2.45. The molecular formula is C10H6F14. The number of hydrogen-bond acceptors (Lipinski definition) is 0. The fourth-order valence-electron chi connectivity index (χ4n) is 2.27. The van der Waals surface area contributed by atoms with Crippen LogP contribution in [-0.4, -0.2) is 54.8 Å². The Labute approximate surface area is 123 Å². The molecule has 14 heteroatoms. The van der Waals surface area contributed by atoms with Gasteiger partial charge in [-0.05, 0) is 0 Å². The molecule has 1 aliphatic carbocycles. The molecule has 0 heterocycles. The van der Waals surface area contributed by atoms with Gasteiger partial charge in [-0.1, -0.05) is 0 Å². The first-order valence-electron chi connectivity index (χ1n) is 5.83. The van der Waals surface area contributed by atoms with Crippen LogP contribution in [0.1, 0.15) is 0 Å². The molecule has 0 aromatic carbocycles. The molecule has 24 heavy (non-hydrogen) atoms. The zero-order chi connectivity index (χ0) is 19.5. The lowest BCUT2D eigenvalue weighted by molar-refractivity contribution is -0.412. The Morgan fingerprint density at radius 2 is 0.667 bits per heavy atom. The van der Waals surface area contributed by atoms with Crippen molar-refractivity contribution in [3.63, 3.8) is 0 Å². The first-order chi connectivity index (χ1) is 10.4. The van der Waals surface area contributed by atoms with Gasteiger partial charge in [0.15, 0.2) is 18.5 Å². The first-order valence-corrected chi connectivity index (χ1v) is 5.83. The third-order valence-corrected chi connectivity index (χ3v) is 3.56. The average Bonchev–Trinajstić information content (AvgIpc) is 2.39. The fraction of sp³-hybridized carbons (Fsp3) is 1.00. The van der Waals surface area contributed by atoms with Crippen LogP contribution < -0.4 is 0 Å². The van der Waals surface area contributed by atoms with E-state index in [1.54, 1.807) is 0 Å². The monoisotopic (exact) mass is 392 g/mol. The maximum Gasteiger partial charge on any atom is 0.437 e. The van der Waals surface area contributed by atoms with E-state index in [4.69, 9.17) is 0 Å². The average molecular weight is 392 g/mol. The quantitative estimate of drug-likeness (QED) is 0.594. The van der Waals surface area contributed by atoms with Gasteiger partial charge in [0.25, 0.3) is 0 Å². The van der Waals surface area contributed by atoms with Crippen LogP contribution >= 0.6 is 0 Å². The summed E-state index contributed by atoms with van der Waals surface area (Å²) in [5.74, 6) is -11.7. The van der Waals surface area contributed by atoms with Crippen LogP contribution in [0.5, 0.6) is 0 Å². The van der Waals surface area contributed by atoms with Gasteiger partial charge in [0, 0.05) is 0 Å². The summed E-state index contributed by atoms with van der Waals surface area (Å²) < 4.78 is 180. The number of rotatable bonds is 2. The Morgan fingerprint density at radius 3 is 0.917 bits per heavy atom. The third kappa shape index (κ3) is 2.68. The summed E-state index contributed by atoms with van der Waals surface area (Å²) >= 11 is 0. The van der Waals surface area contributed by atoms with Crippen molar-refractivity contribution in [1.29, 1.82) is 0 Å². The van der Waals surface area contributed by atoms with Crippen molar-refractivity contribution in [3.05, 3.63) is 0 Å². The minimum absolute atomic E-state index is 3.77. The van der Waals surface area contributed by atoms with Crippen LogP contribution in [-0.2, 0) is 0 Å². The largest absolute Gasteiger partial charge is 0.437 e. The zero-order valence-corrected chi connectivity index (χ0v) is 10.8. The smallest absolute Gasteiger partial charge is 0.243 e. The summed E-state index contributed by atoms with van der Waals surface area (Å²) in [5, 5.41) is 0. The number of hydrogen-bond donors (Lipinski definition) is 0. The normalized spacial score (nSPS) is 36.8. The molecule has 0 aromatic rings. The van der Waals surface area contributed by atoms with Gasteiger partial charge in [-0.2, -0.15) is 26.3 Å². The van der Waals surface area contributed by atoms with Crippen molar-refractivity contribution in [3.8, 4) is 0 Å². The Bertz CT molecular complexity index is 421. The van der Waals surface area contributed by atoms with Crippen molar-refractivity contribution >= 4 is 0 Å². The summed E-state index contributed by atoms with van der Waals surface area (Å²) in [7, 11) is 0. The molecule has 0 radical (unpaired) electrons. The Kier molecular flexibility index (Phi) is 5.07. The highest BCUT2D eigenvalue weighted by molar-refractivity contribution is 5.14. The number of halogens is 14. The van der Waals surface area contributed by atoms with Gasteiger partial charge >= 0.3 is 23.9 Å². The minimum Gasteiger partial charge on any atom is -0.243 e. The molecule has 4 unspecified atom stereocenters. The molecule has 0 spiro atoms. The van der Waals surface area contributed by atoms with E-state index in [9.17, 15) is 61.5 Å². The lowest BCUT2D eigenvalue weighted by Crippen LogP contribution is -2.71. The molecular weight excluding hydrogens is 386 g/mol. The van der Waals surface area contributed by atoms with Crippen LogP contribution in [0.15, 0.2) is 0 Å². The Balaban J connectivity index is 3.54. The molecule has 0 saturated heterocycles. The molecule has 0 aromatic heterocycles. The maximum atomic E-state index is 13.6. The Morgan fingerprint density at radius 1 is 0.417 bits per heavy atom. The SMILES string of the molecule is FC1C(F)C(F)C(C(F)(F)C(F)(C(F)(F)F)C(F)(F)F)C(F)C1F. The van der Waals surface area contributed by atoms with E-state index in [1.807, 2.05) is 0 Å². The fourth-order valence-corrected chi connectivity index (χ4v) is 2.27. The highest BCUT2D eigenvalue weighted by Crippen LogP contribution is 2.59. The highest BCUT2D eigenvalue weighted by Gasteiger charge is 2.87. The van der Waals surface area contributed by atoms with Crippen LogP contribution in [0, 0.1) is 5.92 Å². The molecule has 1 saturated carbocycles. The molecule has 4 atom stereocenters. The highest BCUT2D eigenvalue weighted by atomic mass is 19.4. The predicted molar refractivity (Wildman–Crippen MR) is 48.9 cm³/mol. The van der Waals surface area contributed by atoms with Gasteiger partial charge in [-0.25, -0.2) is 35.1 Å². The summed E-state index contributed by atoms with van der Waals surface area (Å²) in [4.78, 5) is 0. The molecule has 0 aliphatic heterocycles. The van der Waals surface area contributed by atoms with Crippen molar-refractivity contribution < 1.29 is 61.5 Å². The van der Waals surface area contributed by atoms with Gasteiger partial charge in [0.1, 0.15) is 12.3 Å². The zero-order valence-electron chi connectivity index (χ0n) is 10.8. The molecule has 0 amide bonds. The van der Waals surface area contributed by atoms with E-state index in [0.29, 0.717) is 0 Å². The molecule has 0 N–H and O–H groups in total. The van der Waals surface area contributed by atoms with Crippen molar-refractivity contribution in [1.82, 2.24) is 0 Å². The van der Waals surface area contributed by atoms with E-state index in [0.717, 1.165) is 0 Å². The van der Waals surface area contributed by atoms with Gasteiger partial charge in [0.2, 0.25) is 0 Å². The lowest BCUT2D eigenvalue weighted by atomic mass is 9.73. The first kappa shape index (κ1) is 21.1. The molecule has 0 nitrogen and oxygen atoms in total. The minimum atomic E-state index is -7.52. The standard InChI is InChI=1S/C10H6F14/c11-2-1(3(12)5(14)6(15)4(2)13)7(16,17)8(18,9(19,20)21)10(22,23)24/h1-6H. The van der Waals surface area contributed by atoms with Gasteiger partial charge in [0.05, 0.1) is 5.92 Å². The van der Waals surface area contributed by atoms with Crippen molar-refractivity contribution in [2.45, 2.75) is 54.8 Å². The van der Waals surface area contributed by atoms with E-state index < -0.39 is 60.7 Å². The van der Waals surface area contributed by atoms with Gasteiger partial charge in [-0.15, -0.1) is 0 Å². The Hall–Kier alpha value is -0.980. The van der Waals surface area contributed by atoms with E-state index in [-0.39, 0.29) is 0 Å². The molecule has 1 aliphatic rings. The van der Waals surface area contributed by atoms with Crippen LogP contribution in [0.2, 0.25) is 0 Å². The van der Waals surface area contributed by atoms with E-state index in [2.05, 4.69) is 0 Å². The topological polar surface area (TPSA) is 0 Å². The number of alkyl halides is 14. The second-order valence-corrected chi connectivity index (χ2v) is 5.02. The summed E-state index contributed by atoms with van der Waals surface area (Å²) in [5.41, 5.74) is -7.52. The van der Waals surface area contributed by atoms with Crippen LogP contribution in [0.25, 0.3) is 0 Å². The van der Waals surface area contributed by atoms with Crippen molar-refractivity contribution in [2.75, 3.05) is 0 Å². The van der Waals surface area contributed by atoms with E-state index >= 15 is 0 Å². The maximum absolute atomic E-state index is 13.6. The summed E-state index contributed by atoms with van der Waals surface area (Å²) in [6, 6.07) is 0. The van der Waals surface area contributed by atoms with Gasteiger partial charge < -0.3 is 0 Å². The summed E-state index contributed by atoms with van der Waals surface area (Å²) in [6.45, 7) is 0. The van der Waals surface area contributed by atoms with Crippen molar-refractivity contribution in [2.24, 2.45) is 5.92 Å². The molecule has 1 fully saturated rings. The molecule has 1 rings (SSSR count). The third-order valence-electron chi connectivity index (χ3n) is 3.56. The summed E-state index contributed by atoms with van der Waals surface area (Å²) in [6.07, 6.45) is -35.4. The second kappa shape index (κ2) is 5.78. The van der Waals surface area contributed by atoms with Crippen LogP contribution in [0.4, 0.5) is 61.5 Å². The van der Waals surface area contributed by atoms with Crippen LogP contribution in [0.3, 0.4) is 0 Å².